The van der Waals surface area contributed by atoms with Gasteiger partial charge in [-0.05, 0) is 0 Å². The molecule has 112 valence electrons. The number of hydrogen-bond donors (Lipinski definition) is 0. The minimum atomic E-state index is -5.17. The largest absolute Gasteiger partial charge is 3.00 e. The van der Waals surface area contributed by atoms with Gasteiger partial charge in [0.1, 0.15) is 0 Å². The van der Waals surface area contributed by atoms with Crippen molar-refractivity contribution in [1.82, 2.24) is 0 Å². The number of rotatable bonds is 0. The minimum Gasteiger partial charge on any atom is -2.00 e. The summed E-state index contributed by atoms with van der Waals surface area (Å²) in [5.74, 6) is 0. The SMILES string of the molecule is O=S(=O)([O-])[O-].[Al+3].[Al+3].[Al+3].[Al+3].[Mg+2].[Mg+2].[O-2].[O-2].[O-2].[O-2].[OH-].[OH-].[OH-].[OH-].[OH-].[OH-]. The third kappa shape index (κ3) is 1050. The van der Waals surface area contributed by atoms with Crippen LogP contribution in [-0.4, -0.2) is 166 Å². The predicted octanol–water partition coefficient (Wildman–Crippen LogP) is -5.16. The second kappa shape index (κ2) is 136. The zero-order valence-electron chi connectivity index (χ0n) is 10.1. The topological polar surface area (TPSA) is 374 Å². The Bertz CT molecular complexity index is 112. The van der Waals surface area contributed by atoms with Crippen molar-refractivity contribution in [2.24, 2.45) is 0 Å². The van der Waals surface area contributed by atoms with Gasteiger partial charge in [0.05, 0.1) is 0 Å². The zero-order chi connectivity index (χ0) is 4.50. The molecule has 0 aromatic carbocycles. The van der Waals surface area contributed by atoms with Crippen molar-refractivity contribution in [1.29, 1.82) is 0 Å². The summed E-state index contributed by atoms with van der Waals surface area (Å²) in [6.07, 6.45) is 0. The summed E-state index contributed by atoms with van der Waals surface area (Å²) in [4.78, 5) is 0. The molecule has 0 aromatic rings. The van der Waals surface area contributed by atoms with E-state index in [1.807, 2.05) is 0 Å². The van der Waals surface area contributed by atoms with Crippen LogP contribution < -0.4 is 0 Å². The fourth-order valence-corrected chi connectivity index (χ4v) is 0. The van der Waals surface area contributed by atoms with Gasteiger partial charge in [0.2, 0.25) is 0 Å². The minimum absolute atomic E-state index is 0. The summed E-state index contributed by atoms with van der Waals surface area (Å²) < 4.78 is 34.1. The third-order valence-electron chi connectivity index (χ3n) is 0. The van der Waals surface area contributed by atoms with Crippen LogP contribution in [0.15, 0.2) is 0 Å². The van der Waals surface area contributed by atoms with Gasteiger partial charge in [-0.2, -0.15) is 0 Å². The molecule has 0 saturated heterocycles. The Morgan fingerprint density at radius 1 is 0.476 bits per heavy atom. The summed E-state index contributed by atoms with van der Waals surface area (Å²) in [5.41, 5.74) is 0. The van der Waals surface area contributed by atoms with Gasteiger partial charge in [0.25, 0.3) is 0 Å². The van der Waals surface area contributed by atoms with Gasteiger partial charge in [-0.25, -0.2) is 0 Å². The first-order valence-electron chi connectivity index (χ1n) is 0.667. The summed E-state index contributed by atoms with van der Waals surface area (Å²) in [5, 5.41) is 0. The van der Waals surface area contributed by atoms with E-state index in [0.29, 0.717) is 0 Å². The molecule has 0 aliphatic rings. The molecular weight excluding hydrogens is 413 g/mol. The van der Waals surface area contributed by atoms with Crippen LogP contribution in [0.1, 0.15) is 0 Å². The van der Waals surface area contributed by atoms with Crippen molar-refractivity contribution < 1.29 is 72.3 Å². The van der Waals surface area contributed by atoms with E-state index in [0.717, 1.165) is 0 Å². The van der Waals surface area contributed by atoms with Crippen LogP contribution in [0.25, 0.3) is 0 Å². The molecule has 0 atom stereocenters. The molecular formula is H6Al4Mg2O14S. The molecule has 0 spiro atoms. The first kappa shape index (κ1) is 254. The molecule has 14 nitrogen and oxygen atoms in total. The molecule has 0 heterocycles. The second-order valence-corrected chi connectivity index (χ2v) is 1.22. The van der Waals surface area contributed by atoms with E-state index >= 15 is 0 Å². The summed E-state index contributed by atoms with van der Waals surface area (Å²) in [6.45, 7) is 0. The molecule has 0 unspecified atom stereocenters. The van der Waals surface area contributed by atoms with Crippen molar-refractivity contribution in [3.63, 3.8) is 0 Å². The van der Waals surface area contributed by atoms with Crippen LogP contribution in [0, 0.1) is 0 Å². The van der Waals surface area contributed by atoms with Crippen molar-refractivity contribution in [3.05, 3.63) is 0 Å². The fourth-order valence-electron chi connectivity index (χ4n) is 0. The third-order valence-corrected chi connectivity index (χ3v) is 0. The van der Waals surface area contributed by atoms with Gasteiger partial charge in [-0.15, -0.1) is 0 Å². The van der Waals surface area contributed by atoms with Crippen molar-refractivity contribution in [2.75, 3.05) is 0 Å². The van der Waals surface area contributed by atoms with Gasteiger partial charge < -0.3 is 63.9 Å². The fraction of sp³-hybridized carbons (Fsp3) is 0. The smallest absolute Gasteiger partial charge is 2.00 e. The molecule has 21 heteroatoms. The molecule has 21 heavy (non-hydrogen) atoms. The van der Waals surface area contributed by atoms with E-state index in [1.165, 1.54) is 0 Å². The van der Waals surface area contributed by atoms with E-state index in [2.05, 4.69) is 0 Å². The van der Waals surface area contributed by atoms with Gasteiger partial charge in [-0.3, -0.25) is 8.42 Å². The molecule has 0 aliphatic carbocycles. The Morgan fingerprint density at radius 2 is 0.476 bits per heavy atom. The monoisotopic (exact) mass is 418 g/mol. The normalized spacial score (nSPS) is 2.76. The molecule has 6 N–H and O–H groups in total. The quantitative estimate of drug-likeness (QED) is 0.204. The maximum Gasteiger partial charge on any atom is 3.00 e. The summed E-state index contributed by atoms with van der Waals surface area (Å²) in [6, 6.07) is 0. The van der Waals surface area contributed by atoms with Gasteiger partial charge in [0.15, 0.2) is 0 Å². The Hall–Kier alpha value is 3.13. The van der Waals surface area contributed by atoms with Crippen molar-refractivity contribution in [3.8, 4) is 0 Å². The zero-order valence-corrected chi connectivity index (χ0v) is 18.3. The molecule has 0 bridgehead atoms. The van der Waals surface area contributed by atoms with Crippen molar-refractivity contribution in [2.45, 2.75) is 0 Å². The van der Waals surface area contributed by atoms with Gasteiger partial charge >= 0.3 is 116 Å². The average molecular weight is 419 g/mol. The van der Waals surface area contributed by atoms with Crippen LogP contribution in [0.2, 0.25) is 0 Å². The predicted molar refractivity (Wildman–Crippen MR) is 59.4 cm³/mol. The van der Waals surface area contributed by atoms with Gasteiger partial charge in [0, 0.05) is 10.4 Å². The first-order valence-corrected chi connectivity index (χ1v) is 2.00. The Kier molecular flexibility index (Phi) is 1640. The molecule has 0 amide bonds. The molecule has 0 rings (SSSR count). The van der Waals surface area contributed by atoms with Gasteiger partial charge in [-0.1, -0.05) is 0 Å². The Morgan fingerprint density at radius 3 is 0.476 bits per heavy atom. The summed E-state index contributed by atoms with van der Waals surface area (Å²) in [7, 11) is -5.17. The molecule has 0 aromatic heterocycles. The number of hydrogen-bond acceptors (Lipinski definition) is 10. The van der Waals surface area contributed by atoms with Crippen LogP contribution >= 0.6 is 0 Å². The molecule has 0 radical (unpaired) electrons. The maximum atomic E-state index is 8.52. The second-order valence-electron chi connectivity index (χ2n) is 0.408. The van der Waals surface area contributed by atoms with E-state index in [-0.39, 0.29) is 170 Å². The summed E-state index contributed by atoms with van der Waals surface area (Å²) >= 11 is 0. The Labute approximate surface area is 196 Å². The van der Waals surface area contributed by atoms with Crippen molar-refractivity contribution >= 4 is 126 Å². The van der Waals surface area contributed by atoms with Crippen LogP contribution in [0.3, 0.4) is 0 Å². The van der Waals surface area contributed by atoms with Crippen LogP contribution in [0.5, 0.6) is 0 Å². The van der Waals surface area contributed by atoms with E-state index in [4.69, 9.17) is 17.5 Å². The van der Waals surface area contributed by atoms with E-state index < -0.39 is 10.4 Å². The molecule has 0 fully saturated rings. The molecule has 0 saturated carbocycles. The molecule has 0 aliphatic heterocycles. The van der Waals surface area contributed by atoms with Crippen LogP contribution in [-0.2, 0) is 32.3 Å². The standard InChI is InChI=1S/4Al.2Mg.H2O4S.6H2O.4O/c;;;;;;1-5(2,3)4;;;;;;;;;;/h;;;;;;(H2,1,2,3,4);6*1H2;;;;/q4*+3;2*+2;;;;;;;;4*-2/p-8. The maximum absolute atomic E-state index is 8.52. The van der Waals surface area contributed by atoms with E-state index in [9.17, 15) is 0 Å². The first-order chi connectivity index (χ1) is 2.00. The van der Waals surface area contributed by atoms with Crippen LogP contribution in [0.4, 0.5) is 0 Å². The average Bonchev–Trinajstić information content (AvgIpc) is 0.722. The Balaban J connectivity index is -0.000000000667. The van der Waals surface area contributed by atoms with E-state index in [1.54, 1.807) is 0 Å².